The predicted octanol–water partition coefficient (Wildman–Crippen LogP) is 1.44. The fraction of sp³-hybridized carbons (Fsp3) is 0.500. The molecule has 2 unspecified atom stereocenters. The molecule has 110 valence electrons. The highest BCUT2D eigenvalue weighted by molar-refractivity contribution is 7.89. The second kappa shape index (κ2) is 4.44. The van der Waals surface area contributed by atoms with Crippen LogP contribution in [-0.2, 0) is 16.2 Å². The van der Waals surface area contributed by atoms with Gasteiger partial charge in [-0.3, -0.25) is 0 Å². The lowest BCUT2D eigenvalue weighted by Gasteiger charge is -2.26. The van der Waals surface area contributed by atoms with Crippen molar-refractivity contribution in [2.24, 2.45) is 0 Å². The Hall–Kier alpha value is -1.12. The number of piperazine rings is 1. The third kappa shape index (κ3) is 2.21. The molecule has 4 nitrogen and oxygen atoms in total. The quantitative estimate of drug-likeness (QED) is 0.899. The highest BCUT2D eigenvalue weighted by atomic mass is 32.2. The molecule has 0 aliphatic carbocycles. The van der Waals surface area contributed by atoms with Crippen LogP contribution < -0.4 is 5.32 Å². The Morgan fingerprint density at radius 2 is 2.05 bits per heavy atom. The van der Waals surface area contributed by atoms with Crippen LogP contribution in [0, 0.1) is 0 Å². The minimum absolute atomic E-state index is 0.112. The summed E-state index contributed by atoms with van der Waals surface area (Å²) in [7, 11) is -3.86. The highest BCUT2D eigenvalue weighted by Gasteiger charge is 2.44. The van der Waals surface area contributed by atoms with Crippen LogP contribution in [0.5, 0.6) is 0 Å². The molecule has 0 spiro atoms. The topological polar surface area (TPSA) is 49.4 Å². The molecule has 2 fully saturated rings. The molecule has 8 heteroatoms. The zero-order chi connectivity index (χ0) is 14.5. The summed E-state index contributed by atoms with van der Waals surface area (Å²) in [5.41, 5.74) is -0.943. The van der Waals surface area contributed by atoms with Crippen LogP contribution in [0.25, 0.3) is 0 Å². The van der Waals surface area contributed by atoms with Gasteiger partial charge in [-0.05, 0) is 24.6 Å². The van der Waals surface area contributed by atoms with Crippen LogP contribution in [0.3, 0.4) is 0 Å². The molecule has 0 saturated carbocycles. The van der Waals surface area contributed by atoms with Gasteiger partial charge in [-0.2, -0.15) is 17.5 Å². The fourth-order valence-electron chi connectivity index (χ4n) is 2.79. The molecule has 1 N–H and O–H groups in total. The van der Waals surface area contributed by atoms with Gasteiger partial charge in [0.05, 0.1) is 10.5 Å². The lowest BCUT2D eigenvalue weighted by atomic mass is 10.2. The Morgan fingerprint density at radius 1 is 1.30 bits per heavy atom. The monoisotopic (exact) mass is 306 g/mol. The normalized spacial score (nSPS) is 27.1. The van der Waals surface area contributed by atoms with E-state index in [9.17, 15) is 21.6 Å². The van der Waals surface area contributed by atoms with E-state index in [2.05, 4.69) is 5.32 Å². The number of hydrogen-bond acceptors (Lipinski definition) is 3. The molecule has 2 aliphatic heterocycles. The van der Waals surface area contributed by atoms with Gasteiger partial charge in [0.15, 0.2) is 0 Å². The number of benzene rings is 1. The van der Waals surface area contributed by atoms with Crippen LogP contribution in [0.2, 0.25) is 0 Å². The summed E-state index contributed by atoms with van der Waals surface area (Å²) in [6.07, 6.45) is -3.82. The van der Waals surface area contributed by atoms with E-state index in [0.29, 0.717) is 19.2 Å². The maximum absolute atomic E-state index is 12.7. The van der Waals surface area contributed by atoms with Gasteiger partial charge in [0.25, 0.3) is 0 Å². The summed E-state index contributed by atoms with van der Waals surface area (Å²) in [5, 5.41) is 3.16. The molecule has 20 heavy (non-hydrogen) atoms. The summed E-state index contributed by atoms with van der Waals surface area (Å²) < 4.78 is 64.2. The van der Waals surface area contributed by atoms with Crippen molar-refractivity contribution in [2.45, 2.75) is 29.6 Å². The van der Waals surface area contributed by atoms with Crippen LogP contribution in [0.4, 0.5) is 13.2 Å². The molecule has 2 aliphatic rings. The van der Waals surface area contributed by atoms with Gasteiger partial charge in [-0.1, -0.05) is 6.07 Å². The summed E-state index contributed by atoms with van der Waals surface area (Å²) in [5.74, 6) is 0. The number of fused-ring (bicyclic) bond motifs is 2. The standard InChI is InChI=1S/C12H13F3N2O2S/c13-12(14,15)8-2-1-3-11(4-8)20(18,19)17-7-9-5-10(17)6-16-9/h1-4,9-10,16H,5-7H2. The van der Waals surface area contributed by atoms with Crippen molar-refractivity contribution in [3.8, 4) is 0 Å². The van der Waals surface area contributed by atoms with Gasteiger partial charge in [0, 0.05) is 25.2 Å². The van der Waals surface area contributed by atoms with Gasteiger partial charge in [-0.15, -0.1) is 0 Å². The van der Waals surface area contributed by atoms with E-state index >= 15 is 0 Å². The predicted molar refractivity (Wildman–Crippen MR) is 65.5 cm³/mol. The van der Waals surface area contributed by atoms with Crippen LogP contribution >= 0.6 is 0 Å². The number of nitrogens with zero attached hydrogens (tertiary/aromatic N) is 1. The maximum Gasteiger partial charge on any atom is 0.416 e. The number of halogens is 3. The first-order chi connectivity index (χ1) is 9.28. The van der Waals surface area contributed by atoms with Gasteiger partial charge in [0.2, 0.25) is 10.0 Å². The van der Waals surface area contributed by atoms with Crippen molar-refractivity contribution < 1.29 is 21.6 Å². The van der Waals surface area contributed by atoms with Gasteiger partial charge >= 0.3 is 6.18 Å². The van der Waals surface area contributed by atoms with E-state index in [4.69, 9.17) is 0 Å². The summed E-state index contributed by atoms with van der Waals surface area (Å²) in [6, 6.07) is 3.87. The number of alkyl halides is 3. The number of sulfonamides is 1. The third-order valence-electron chi connectivity index (χ3n) is 3.77. The highest BCUT2D eigenvalue weighted by Crippen LogP contribution is 2.33. The first kappa shape index (κ1) is 13.8. The van der Waals surface area contributed by atoms with E-state index in [1.54, 1.807) is 0 Å². The molecule has 2 heterocycles. The van der Waals surface area contributed by atoms with E-state index in [1.165, 1.54) is 10.4 Å². The van der Waals surface area contributed by atoms with Crippen molar-refractivity contribution in [1.29, 1.82) is 0 Å². The molecule has 0 aromatic heterocycles. The molecule has 1 aromatic rings. The molecule has 2 bridgehead atoms. The lowest BCUT2D eigenvalue weighted by molar-refractivity contribution is -0.137. The van der Waals surface area contributed by atoms with Gasteiger partial charge in [0.1, 0.15) is 0 Å². The van der Waals surface area contributed by atoms with Crippen LogP contribution in [0.1, 0.15) is 12.0 Å². The first-order valence-corrected chi connectivity index (χ1v) is 7.65. The average molecular weight is 306 g/mol. The van der Waals surface area contributed by atoms with E-state index < -0.39 is 21.8 Å². The lowest BCUT2D eigenvalue weighted by Crippen LogP contribution is -2.46. The Morgan fingerprint density at radius 3 is 2.60 bits per heavy atom. The van der Waals surface area contributed by atoms with Crippen molar-refractivity contribution >= 4 is 10.0 Å². The molecular formula is C12H13F3N2O2S. The first-order valence-electron chi connectivity index (χ1n) is 6.21. The minimum atomic E-state index is -4.54. The molecular weight excluding hydrogens is 293 g/mol. The van der Waals surface area contributed by atoms with Crippen LogP contribution in [0.15, 0.2) is 29.2 Å². The Balaban J connectivity index is 1.96. The second-order valence-corrected chi connectivity index (χ2v) is 6.99. The summed E-state index contributed by atoms with van der Waals surface area (Å²) in [4.78, 5) is -0.292. The molecule has 3 rings (SSSR count). The average Bonchev–Trinajstić information content (AvgIpc) is 3.00. The van der Waals surface area contributed by atoms with E-state index in [-0.39, 0.29) is 17.0 Å². The maximum atomic E-state index is 12.7. The molecule has 2 saturated heterocycles. The molecule has 0 amide bonds. The summed E-state index contributed by atoms with van der Waals surface area (Å²) >= 11 is 0. The van der Waals surface area contributed by atoms with Crippen molar-refractivity contribution in [2.75, 3.05) is 13.1 Å². The Kier molecular flexibility index (Phi) is 3.07. The molecule has 0 radical (unpaired) electrons. The van der Waals surface area contributed by atoms with Crippen LogP contribution in [-0.4, -0.2) is 37.9 Å². The molecule has 1 aromatic carbocycles. The zero-order valence-corrected chi connectivity index (χ0v) is 11.2. The largest absolute Gasteiger partial charge is 0.416 e. The van der Waals surface area contributed by atoms with Crippen molar-refractivity contribution in [3.05, 3.63) is 29.8 Å². The fourth-order valence-corrected chi connectivity index (χ4v) is 4.51. The number of nitrogens with one attached hydrogen (secondary N) is 1. The van der Waals surface area contributed by atoms with E-state index in [0.717, 1.165) is 18.6 Å². The van der Waals surface area contributed by atoms with Crippen molar-refractivity contribution in [1.82, 2.24) is 9.62 Å². The van der Waals surface area contributed by atoms with Gasteiger partial charge in [-0.25, -0.2) is 8.42 Å². The SMILES string of the molecule is O=S(=O)(c1cccc(C(F)(F)F)c1)N1CC2CC1CN2. The zero-order valence-electron chi connectivity index (χ0n) is 10.4. The number of hydrogen-bond donors (Lipinski definition) is 1. The molecule has 2 atom stereocenters. The minimum Gasteiger partial charge on any atom is -0.311 e. The summed E-state index contributed by atoms with van der Waals surface area (Å²) in [6.45, 7) is 0.881. The smallest absolute Gasteiger partial charge is 0.311 e. The number of rotatable bonds is 2. The Bertz CT molecular complexity index is 630. The second-order valence-electron chi connectivity index (χ2n) is 5.10. The van der Waals surface area contributed by atoms with Crippen molar-refractivity contribution in [3.63, 3.8) is 0 Å². The Labute approximate surface area is 114 Å². The van der Waals surface area contributed by atoms with Gasteiger partial charge < -0.3 is 5.32 Å². The third-order valence-corrected chi connectivity index (χ3v) is 5.69. The van der Waals surface area contributed by atoms with E-state index in [1.807, 2.05) is 0 Å².